The van der Waals surface area contributed by atoms with Gasteiger partial charge in [-0.15, -0.1) is 0 Å². The average Bonchev–Trinajstić information content (AvgIpc) is 2.75. The van der Waals surface area contributed by atoms with E-state index in [1.165, 1.54) is 34.7 Å². The molecule has 0 aliphatic carbocycles. The number of nitrogens with one attached hydrogen (secondary N) is 2. The van der Waals surface area contributed by atoms with Crippen LogP contribution in [0.1, 0.15) is 11.3 Å². The normalized spacial score (nSPS) is 10.6. The Bertz CT molecular complexity index is 1300. The molecule has 0 radical (unpaired) electrons. The Labute approximate surface area is 177 Å². The van der Waals surface area contributed by atoms with Gasteiger partial charge in [-0.1, -0.05) is 12.1 Å². The van der Waals surface area contributed by atoms with Gasteiger partial charge in [-0.25, -0.2) is 14.2 Å². The van der Waals surface area contributed by atoms with Gasteiger partial charge in [0.05, 0.1) is 5.69 Å². The molecule has 4 rings (SSSR count). The molecule has 0 fully saturated rings. The number of ether oxygens (including phenoxy) is 1. The average molecular weight is 418 g/mol. The van der Waals surface area contributed by atoms with E-state index < -0.39 is 6.03 Å². The molecule has 0 aliphatic rings. The van der Waals surface area contributed by atoms with E-state index in [-0.39, 0.29) is 18.0 Å². The van der Waals surface area contributed by atoms with Crippen molar-refractivity contribution in [3.8, 4) is 5.75 Å². The van der Waals surface area contributed by atoms with Crippen LogP contribution >= 0.6 is 0 Å². The molecule has 2 aromatic carbocycles. The minimum atomic E-state index is -0.469. The van der Waals surface area contributed by atoms with Gasteiger partial charge in [0.1, 0.15) is 23.8 Å². The number of urea groups is 1. The lowest BCUT2D eigenvalue weighted by molar-refractivity contribution is 0.262. The molecule has 0 unspecified atom stereocenters. The second kappa shape index (κ2) is 8.66. The molecule has 2 aromatic heterocycles. The van der Waals surface area contributed by atoms with Gasteiger partial charge in [-0.05, 0) is 55.0 Å². The van der Waals surface area contributed by atoms with Crippen LogP contribution in [0.25, 0.3) is 5.65 Å². The number of pyridine rings is 1. The first-order chi connectivity index (χ1) is 15.0. The highest BCUT2D eigenvalue weighted by Crippen LogP contribution is 2.19. The number of amides is 2. The second-order valence-electron chi connectivity index (χ2n) is 6.87. The molecular weight excluding hydrogens is 399 g/mol. The summed E-state index contributed by atoms with van der Waals surface area (Å²) in [5.74, 6) is 0.126. The molecule has 0 saturated heterocycles. The van der Waals surface area contributed by atoms with Crippen LogP contribution in [0, 0.1) is 12.7 Å². The molecule has 2 amide bonds. The van der Waals surface area contributed by atoms with Gasteiger partial charge in [0, 0.05) is 29.7 Å². The summed E-state index contributed by atoms with van der Waals surface area (Å²) < 4.78 is 20.2. The van der Waals surface area contributed by atoms with Crippen LogP contribution < -0.4 is 20.9 Å². The minimum absolute atomic E-state index is 0.102. The number of rotatable bonds is 5. The van der Waals surface area contributed by atoms with E-state index in [1.807, 2.05) is 13.0 Å². The van der Waals surface area contributed by atoms with Crippen molar-refractivity contribution in [3.05, 3.63) is 100 Å². The molecule has 2 N–H and O–H groups in total. The van der Waals surface area contributed by atoms with Crippen molar-refractivity contribution >= 4 is 23.1 Å². The van der Waals surface area contributed by atoms with E-state index in [0.717, 1.165) is 5.56 Å². The van der Waals surface area contributed by atoms with Crippen LogP contribution in [0.4, 0.5) is 20.6 Å². The van der Waals surface area contributed by atoms with Crippen LogP contribution in [-0.4, -0.2) is 15.4 Å². The molecule has 0 saturated carbocycles. The summed E-state index contributed by atoms with van der Waals surface area (Å²) >= 11 is 0. The third-order valence-electron chi connectivity index (χ3n) is 4.52. The third kappa shape index (κ3) is 4.87. The van der Waals surface area contributed by atoms with Gasteiger partial charge in [0.2, 0.25) is 0 Å². The molecule has 31 heavy (non-hydrogen) atoms. The zero-order valence-corrected chi connectivity index (χ0v) is 16.6. The number of aryl methyl sites for hydroxylation is 1. The first-order valence-corrected chi connectivity index (χ1v) is 9.52. The maximum absolute atomic E-state index is 13.0. The molecule has 0 atom stereocenters. The van der Waals surface area contributed by atoms with Crippen molar-refractivity contribution < 1.29 is 13.9 Å². The van der Waals surface area contributed by atoms with Crippen molar-refractivity contribution in [1.29, 1.82) is 0 Å². The van der Waals surface area contributed by atoms with Crippen molar-refractivity contribution in [1.82, 2.24) is 9.38 Å². The molecule has 156 valence electrons. The number of benzene rings is 2. The van der Waals surface area contributed by atoms with Gasteiger partial charge in [-0.3, -0.25) is 9.20 Å². The van der Waals surface area contributed by atoms with Crippen molar-refractivity contribution in [2.24, 2.45) is 0 Å². The third-order valence-corrected chi connectivity index (χ3v) is 4.52. The number of hydrogen-bond acceptors (Lipinski definition) is 4. The van der Waals surface area contributed by atoms with Gasteiger partial charge in [0.15, 0.2) is 0 Å². The monoisotopic (exact) mass is 418 g/mol. The summed E-state index contributed by atoms with van der Waals surface area (Å²) in [6, 6.07) is 16.9. The fraction of sp³-hybridized carbons (Fsp3) is 0.0870. The van der Waals surface area contributed by atoms with E-state index in [9.17, 15) is 14.0 Å². The van der Waals surface area contributed by atoms with Crippen molar-refractivity contribution in [2.75, 3.05) is 10.6 Å². The second-order valence-corrected chi connectivity index (χ2v) is 6.87. The Kier molecular flexibility index (Phi) is 5.61. The highest BCUT2D eigenvalue weighted by molar-refractivity contribution is 5.99. The minimum Gasteiger partial charge on any atom is -0.487 e. The fourth-order valence-electron chi connectivity index (χ4n) is 3.03. The molecule has 0 spiro atoms. The number of aromatic nitrogens is 2. The van der Waals surface area contributed by atoms with Crippen molar-refractivity contribution in [3.63, 3.8) is 0 Å². The Hall–Kier alpha value is -4.20. The van der Waals surface area contributed by atoms with Crippen LogP contribution in [0.3, 0.4) is 0 Å². The zero-order valence-electron chi connectivity index (χ0n) is 16.6. The lowest BCUT2D eigenvalue weighted by Gasteiger charge is -2.11. The van der Waals surface area contributed by atoms with Crippen LogP contribution in [0.2, 0.25) is 0 Å². The number of anilines is 2. The van der Waals surface area contributed by atoms with Gasteiger partial charge in [-0.2, -0.15) is 0 Å². The van der Waals surface area contributed by atoms with E-state index >= 15 is 0 Å². The van der Waals surface area contributed by atoms with Crippen molar-refractivity contribution in [2.45, 2.75) is 13.5 Å². The predicted molar refractivity (Wildman–Crippen MR) is 116 cm³/mol. The largest absolute Gasteiger partial charge is 0.487 e. The highest BCUT2D eigenvalue weighted by atomic mass is 19.1. The quantitative estimate of drug-likeness (QED) is 0.504. The number of carbonyl (C=O) groups is 1. The van der Waals surface area contributed by atoms with Gasteiger partial charge in [0.25, 0.3) is 5.56 Å². The first-order valence-electron chi connectivity index (χ1n) is 9.52. The number of halogens is 1. The van der Waals surface area contributed by atoms with E-state index in [1.54, 1.807) is 36.5 Å². The van der Waals surface area contributed by atoms with Crippen LogP contribution in [0.5, 0.6) is 5.75 Å². The molecule has 8 heteroatoms. The fourth-order valence-corrected chi connectivity index (χ4v) is 3.03. The molecule has 0 aliphatic heterocycles. The molecule has 7 nitrogen and oxygen atoms in total. The Balaban J connectivity index is 1.42. The standard InChI is InChI=1S/C23H19FN4O3/c1-15-4-3-11-28-21(29)13-19(25-22(15)28)14-31-20-6-2-5-18(12-20)27-23(30)26-17-9-7-16(24)8-10-17/h2-13H,14H2,1H3,(H2,26,27,30). The first kappa shape index (κ1) is 20.1. The summed E-state index contributed by atoms with van der Waals surface area (Å²) in [5.41, 5.74) is 2.78. The summed E-state index contributed by atoms with van der Waals surface area (Å²) in [4.78, 5) is 29.0. The smallest absolute Gasteiger partial charge is 0.323 e. The lowest BCUT2D eigenvalue weighted by Crippen LogP contribution is -2.19. The number of hydrogen-bond donors (Lipinski definition) is 2. The zero-order chi connectivity index (χ0) is 21.8. The SMILES string of the molecule is Cc1cccn2c(=O)cc(COc3cccc(NC(=O)Nc4ccc(F)cc4)c3)nc12. The summed E-state index contributed by atoms with van der Waals surface area (Å²) in [5, 5.41) is 5.31. The molecule has 0 bridgehead atoms. The number of nitrogens with zero attached hydrogens (tertiary/aromatic N) is 2. The maximum atomic E-state index is 13.0. The topological polar surface area (TPSA) is 84.7 Å². The van der Waals surface area contributed by atoms with E-state index in [0.29, 0.717) is 28.5 Å². The molecule has 2 heterocycles. The number of fused-ring (bicyclic) bond motifs is 1. The highest BCUT2D eigenvalue weighted by Gasteiger charge is 2.07. The Morgan fingerprint density at radius 3 is 2.61 bits per heavy atom. The summed E-state index contributed by atoms with van der Waals surface area (Å²) in [7, 11) is 0. The van der Waals surface area contributed by atoms with E-state index in [4.69, 9.17) is 4.74 Å². The molecular formula is C23H19FN4O3. The summed E-state index contributed by atoms with van der Waals surface area (Å²) in [6.45, 7) is 1.99. The van der Waals surface area contributed by atoms with Gasteiger partial charge < -0.3 is 15.4 Å². The molecule has 4 aromatic rings. The van der Waals surface area contributed by atoms with Crippen LogP contribution in [-0.2, 0) is 6.61 Å². The number of carbonyl (C=O) groups excluding carboxylic acids is 1. The predicted octanol–water partition coefficient (Wildman–Crippen LogP) is 4.37. The summed E-state index contributed by atoms with van der Waals surface area (Å²) in [6.07, 6.45) is 1.68. The van der Waals surface area contributed by atoms with Gasteiger partial charge >= 0.3 is 6.03 Å². The Morgan fingerprint density at radius 1 is 1.03 bits per heavy atom. The lowest BCUT2D eigenvalue weighted by atomic mass is 10.3. The van der Waals surface area contributed by atoms with Crippen LogP contribution in [0.15, 0.2) is 77.7 Å². The Morgan fingerprint density at radius 2 is 1.81 bits per heavy atom. The maximum Gasteiger partial charge on any atom is 0.323 e. The van der Waals surface area contributed by atoms with E-state index in [2.05, 4.69) is 15.6 Å².